The summed E-state index contributed by atoms with van der Waals surface area (Å²) in [6.45, 7) is 0.559. The molecule has 0 saturated heterocycles. The predicted octanol–water partition coefficient (Wildman–Crippen LogP) is 4.83. The fourth-order valence-corrected chi connectivity index (χ4v) is 3.77. The summed E-state index contributed by atoms with van der Waals surface area (Å²) in [5.74, 6) is -0.365. The Morgan fingerprint density at radius 2 is 1.88 bits per heavy atom. The summed E-state index contributed by atoms with van der Waals surface area (Å²) >= 11 is 1.14. The summed E-state index contributed by atoms with van der Waals surface area (Å²) < 4.78 is 20.3. The number of thiophene rings is 1. The van der Waals surface area contributed by atoms with Gasteiger partial charge in [-0.1, -0.05) is 24.3 Å². The van der Waals surface area contributed by atoms with E-state index >= 15 is 0 Å². The molecule has 2 aromatic carbocycles. The molecule has 2 aromatic heterocycles. The van der Waals surface area contributed by atoms with Gasteiger partial charge >= 0.3 is 5.97 Å². The largest absolute Gasteiger partial charge is 0.465 e. The van der Waals surface area contributed by atoms with Crippen LogP contribution in [0.2, 0.25) is 0 Å². The van der Waals surface area contributed by atoms with Crippen LogP contribution in [-0.2, 0) is 11.3 Å². The summed E-state index contributed by atoms with van der Waals surface area (Å²) in [7, 11) is 1.37. The molecule has 2 heterocycles. The van der Waals surface area contributed by atoms with Gasteiger partial charge in [0.05, 0.1) is 24.7 Å². The van der Waals surface area contributed by atoms with Crippen LogP contribution in [0.25, 0.3) is 21.8 Å². The molecule has 3 nitrogen and oxygen atoms in total. The lowest BCUT2D eigenvalue weighted by Crippen LogP contribution is -2.02. The Balaban J connectivity index is 1.97. The van der Waals surface area contributed by atoms with Gasteiger partial charge in [0.1, 0.15) is 0 Å². The molecule has 4 aromatic rings. The number of fused-ring (bicyclic) bond motifs is 3. The second-order valence-corrected chi connectivity index (χ2v) is 6.65. The second kappa shape index (κ2) is 5.76. The molecule has 0 bridgehead atoms. The number of esters is 1. The smallest absolute Gasteiger partial charge is 0.337 e. The molecule has 4 rings (SSSR count). The van der Waals surface area contributed by atoms with Crippen molar-refractivity contribution in [3.05, 3.63) is 70.2 Å². The molecule has 0 saturated carbocycles. The fraction of sp³-hybridized carbons (Fsp3) is 0.105. The molecule has 120 valence electrons. The SMILES string of the molecule is COC(=O)c1ccc2c3ccccc3n(Cc3ccc(F)s3)c2c1. The van der Waals surface area contributed by atoms with Crippen molar-refractivity contribution in [3.63, 3.8) is 0 Å². The number of ether oxygens (including phenoxy) is 1. The molecule has 0 unspecified atom stereocenters. The molecule has 0 atom stereocenters. The topological polar surface area (TPSA) is 31.2 Å². The van der Waals surface area contributed by atoms with E-state index in [0.29, 0.717) is 12.1 Å². The monoisotopic (exact) mass is 339 g/mol. The normalized spacial score (nSPS) is 11.2. The van der Waals surface area contributed by atoms with Gasteiger partial charge in [-0.05, 0) is 30.3 Å². The van der Waals surface area contributed by atoms with Crippen molar-refractivity contribution < 1.29 is 13.9 Å². The Labute approximate surface area is 141 Å². The average molecular weight is 339 g/mol. The first-order valence-electron chi connectivity index (χ1n) is 7.51. The van der Waals surface area contributed by atoms with Crippen LogP contribution in [0.15, 0.2) is 54.6 Å². The van der Waals surface area contributed by atoms with Crippen molar-refractivity contribution >= 4 is 39.1 Å². The Hall–Kier alpha value is -2.66. The van der Waals surface area contributed by atoms with E-state index < -0.39 is 0 Å². The number of rotatable bonds is 3. The third-order valence-corrected chi connectivity index (χ3v) is 5.00. The minimum absolute atomic E-state index is 0.194. The van der Waals surface area contributed by atoms with Crippen LogP contribution in [0.4, 0.5) is 4.39 Å². The van der Waals surface area contributed by atoms with Crippen LogP contribution in [0.5, 0.6) is 0 Å². The quantitative estimate of drug-likeness (QED) is 0.501. The molecule has 0 radical (unpaired) electrons. The van der Waals surface area contributed by atoms with Gasteiger partial charge in [0.2, 0.25) is 0 Å². The molecule has 0 aliphatic carbocycles. The molecule has 0 fully saturated rings. The number of hydrogen-bond donors (Lipinski definition) is 0. The van der Waals surface area contributed by atoms with Crippen molar-refractivity contribution in [2.45, 2.75) is 6.54 Å². The number of halogens is 1. The number of para-hydroxylation sites is 1. The van der Waals surface area contributed by atoms with Crippen molar-refractivity contribution in [2.75, 3.05) is 7.11 Å². The van der Waals surface area contributed by atoms with E-state index in [4.69, 9.17) is 4.74 Å². The minimum atomic E-state index is -0.365. The molecule has 0 aliphatic rings. The summed E-state index contributed by atoms with van der Waals surface area (Å²) in [4.78, 5) is 12.8. The number of nitrogens with zero attached hydrogens (tertiary/aromatic N) is 1. The van der Waals surface area contributed by atoms with E-state index in [1.54, 1.807) is 12.1 Å². The van der Waals surface area contributed by atoms with Crippen LogP contribution >= 0.6 is 11.3 Å². The van der Waals surface area contributed by atoms with Crippen molar-refractivity contribution in [2.24, 2.45) is 0 Å². The highest BCUT2D eigenvalue weighted by atomic mass is 32.1. The maximum Gasteiger partial charge on any atom is 0.337 e. The van der Waals surface area contributed by atoms with Crippen LogP contribution in [0.3, 0.4) is 0 Å². The van der Waals surface area contributed by atoms with Gasteiger partial charge in [-0.15, -0.1) is 11.3 Å². The van der Waals surface area contributed by atoms with Crippen LogP contribution in [0, 0.1) is 5.13 Å². The second-order valence-electron chi connectivity index (χ2n) is 5.53. The minimum Gasteiger partial charge on any atom is -0.465 e. The maximum atomic E-state index is 13.3. The Kier molecular flexibility index (Phi) is 3.58. The van der Waals surface area contributed by atoms with Crippen molar-refractivity contribution in [3.8, 4) is 0 Å². The Bertz CT molecular complexity index is 1060. The third-order valence-electron chi connectivity index (χ3n) is 4.14. The number of carbonyl (C=O) groups excluding carboxylic acids is 1. The van der Waals surface area contributed by atoms with Gasteiger partial charge in [0.25, 0.3) is 0 Å². The number of aromatic nitrogens is 1. The van der Waals surface area contributed by atoms with Crippen LogP contribution in [0.1, 0.15) is 15.2 Å². The fourth-order valence-electron chi connectivity index (χ4n) is 3.06. The van der Waals surface area contributed by atoms with Gasteiger partial charge in [-0.2, -0.15) is 4.39 Å². The van der Waals surface area contributed by atoms with Gasteiger partial charge in [0, 0.05) is 21.2 Å². The molecule has 0 N–H and O–H groups in total. The highest BCUT2D eigenvalue weighted by Gasteiger charge is 2.14. The molecule has 0 aliphatic heterocycles. The zero-order valence-corrected chi connectivity index (χ0v) is 13.8. The van der Waals surface area contributed by atoms with Gasteiger partial charge in [0.15, 0.2) is 5.13 Å². The van der Waals surface area contributed by atoms with E-state index in [9.17, 15) is 9.18 Å². The standard InChI is InChI=1S/C19H14FNO2S/c1-23-19(22)12-6-8-15-14-4-2-3-5-16(14)21(17(15)10-12)11-13-7-9-18(20)24-13/h2-10H,11H2,1H3. The molecular formula is C19H14FNO2S. The first-order valence-corrected chi connectivity index (χ1v) is 8.32. The van der Waals surface area contributed by atoms with Gasteiger partial charge in [-0.25, -0.2) is 4.79 Å². The van der Waals surface area contributed by atoms with E-state index in [0.717, 1.165) is 38.0 Å². The van der Waals surface area contributed by atoms with Gasteiger partial charge in [-0.3, -0.25) is 0 Å². The molecule has 24 heavy (non-hydrogen) atoms. The Morgan fingerprint density at radius 3 is 2.62 bits per heavy atom. The van der Waals surface area contributed by atoms with Crippen LogP contribution in [-0.4, -0.2) is 17.6 Å². The average Bonchev–Trinajstić information content (AvgIpc) is 3.16. The summed E-state index contributed by atoms with van der Waals surface area (Å²) in [6, 6.07) is 16.9. The number of hydrogen-bond acceptors (Lipinski definition) is 3. The van der Waals surface area contributed by atoms with E-state index in [1.807, 2.05) is 30.3 Å². The third kappa shape index (κ3) is 2.37. The molecular weight excluding hydrogens is 325 g/mol. The lowest BCUT2D eigenvalue weighted by Gasteiger charge is -2.06. The number of benzene rings is 2. The lowest BCUT2D eigenvalue weighted by atomic mass is 10.1. The van der Waals surface area contributed by atoms with E-state index in [2.05, 4.69) is 10.6 Å². The zero-order chi connectivity index (χ0) is 16.7. The first kappa shape index (κ1) is 14.9. The van der Waals surface area contributed by atoms with Gasteiger partial charge < -0.3 is 9.30 Å². The van der Waals surface area contributed by atoms with E-state index in [-0.39, 0.29) is 11.1 Å². The summed E-state index contributed by atoms with van der Waals surface area (Å²) in [5.41, 5.74) is 2.50. The number of carbonyl (C=O) groups is 1. The maximum absolute atomic E-state index is 13.3. The highest BCUT2D eigenvalue weighted by molar-refractivity contribution is 7.10. The van der Waals surface area contributed by atoms with Crippen LogP contribution < -0.4 is 0 Å². The van der Waals surface area contributed by atoms with Crippen molar-refractivity contribution in [1.29, 1.82) is 0 Å². The predicted molar refractivity (Wildman–Crippen MR) is 94.2 cm³/mol. The van der Waals surface area contributed by atoms with Crippen molar-refractivity contribution in [1.82, 2.24) is 4.57 Å². The molecule has 0 spiro atoms. The lowest BCUT2D eigenvalue weighted by molar-refractivity contribution is 0.0601. The molecule has 5 heteroatoms. The number of methoxy groups -OCH3 is 1. The zero-order valence-electron chi connectivity index (χ0n) is 13.0. The molecule has 0 amide bonds. The van der Waals surface area contributed by atoms with E-state index in [1.165, 1.54) is 13.2 Å². The first-order chi connectivity index (χ1) is 11.7. The summed E-state index contributed by atoms with van der Waals surface area (Å²) in [6.07, 6.45) is 0. The highest BCUT2D eigenvalue weighted by Crippen LogP contribution is 2.31. The Morgan fingerprint density at radius 1 is 1.08 bits per heavy atom. The summed E-state index contributed by atoms with van der Waals surface area (Å²) in [5, 5.41) is 1.98.